The fraction of sp³-hybridized carbons (Fsp3) is 0.381. The molecule has 2 fully saturated rings. The Labute approximate surface area is 162 Å². The Balaban J connectivity index is 1.87. The number of hydrogen-bond acceptors (Lipinski definition) is 5. The summed E-state index contributed by atoms with van der Waals surface area (Å²) in [6.07, 6.45) is 1.62. The van der Waals surface area contributed by atoms with Gasteiger partial charge in [-0.25, -0.2) is 0 Å². The van der Waals surface area contributed by atoms with E-state index < -0.39 is 34.4 Å². The molecule has 1 spiro atoms. The summed E-state index contributed by atoms with van der Waals surface area (Å²) < 4.78 is 0. The molecule has 0 saturated carbocycles. The smallest absolute Gasteiger partial charge is 0.284 e. The van der Waals surface area contributed by atoms with E-state index in [1.54, 1.807) is 24.3 Å². The van der Waals surface area contributed by atoms with E-state index in [0.29, 0.717) is 17.8 Å². The second kappa shape index (κ2) is 5.86. The van der Waals surface area contributed by atoms with Crippen LogP contribution < -0.4 is 5.32 Å². The van der Waals surface area contributed by atoms with Crippen LogP contribution in [0.2, 0.25) is 0 Å². The maximum Gasteiger partial charge on any atom is 0.284 e. The highest BCUT2D eigenvalue weighted by Crippen LogP contribution is 2.63. The van der Waals surface area contributed by atoms with Gasteiger partial charge in [-0.15, -0.1) is 0 Å². The number of carbonyl (C=O) groups is 1. The standard InChI is InChI=1S/C21H21N3O4/c25-13-20(24(27)28)18(14-7-2-1-3-8-14)17-11-6-12-23(17)21(20)15-9-4-5-10-16(15)22-19(21)26/h1-5,7-10,17-18,25H,6,11-13H2,(H,22,26). The van der Waals surface area contributed by atoms with Crippen LogP contribution in [0.25, 0.3) is 0 Å². The van der Waals surface area contributed by atoms with Crippen LogP contribution in [0.5, 0.6) is 0 Å². The number of rotatable bonds is 3. The molecule has 0 aliphatic carbocycles. The third kappa shape index (κ3) is 1.78. The first kappa shape index (κ1) is 17.3. The van der Waals surface area contributed by atoms with Crippen molar-refractivity contribution >= 4 is 11.6 Å². The minimum Gasteiger partial charge on any atom is -0.389 e. The normalized spacial score (nSPS) is 33.7. The molecule has 0 radical (unpaired) electrons. The number of aliphatic hydroxyl groups is 1. The van der Waals surface area contributed by atoms with Crippen LogP contribution in [0.3, 0.4) is 0 Å². The van der Waals surface area contributed by atoms with Crippen molar-refractivity contribution in [1.82, 2.24) is 4.90 Å². The molecule has 144 valence electrons. The van der Waals surface area contributed by atoms with Crippen molar-refractivity contribution in [3.8, 4) is 0 Å². The van der Waals surface area contributed by atoms with E-state index in [9.17, 15) is 20.0 Å². The number of carbonyl (C=O) groups excluding carboxylic acids is 1. The highest BCUT2D eigenvalue weighted by atomic mass is 16.6. The third-order valence-corrected chi connectivity index (χ3v) is 6.88. The Bertz CT molecular complexity index is 965. The maximum absolute atomic E-state index is 13.5. The predicted octanol–water partition coefficient (Wildman–Crippen LogP) is 2.10. The molecule has 2 aromatic rings. The van der Waals surface area contributed by atoms with Gasteiger partial charge in [0.15, 0.2) is 0 Å². The molecular weight excluding hydrogens is 358 g/mol. The average molecular weight is 379 g/mol. The molecule has 3 aliphatic rings. The van der Waals surface area contributed by atoms with Gasteiger partial charge in [0.25, 0.3) is 11.4 Å². The Hall–Kier alpha value is -2.77. The molecule has 7 nitrogen and oxygen atoms in total. The number of anilines is 1. The second-order valence-electron chi connectivity index (χ2n) is 7.84. The summed E-state index contributed by atoms with van der Waals surface area (Å²) in [6, 6.07) is 16.3. The summed E-state index contributed by atoms with van der Waals surface area (Å²) in [5, 5.41) is 26.2. The van der Waals surface area contributed by atoms with Gasteiger partial charge in [-0.05, 0) is 24.5 Å². The number of nitrogens with one attached hydrogen (secondary N) is 1. The molecule has 0 bridgehead atoms. The lowest BCUT2D eigenvalue weighted by molar-refractivity contribution is -0.587. The van der Waals surface area contributed by atoms with Crippen molar-refractivity contribution in [1.29, 1.82) is 0 Å². The van der Waals surface area contributed by atoms with Crippen LogP contribution >= 0.6 is 0 Å². The summed E-state index contributed by atoms with van der Waals surface area (Å²) in [5.74, 6) is -1.00. The number of benzene rings is 2. The number of para-hydroxylation sites is 1. The Kier molecular flexibility index (Phi) is 3.63. The zero-order valence-electron chi connectivity index (χ0n) is 15.2. The molecule has 7 heteroatoms. The highest BCUT2D eigenvalue weighted by molar-refractivity contribution is 6.07. The van der Waals surface area contributed by atoms with E-state index in [0.717, 1.165) is 18.4 Å². The van der Waals surface area contributed by atoms with Crippen LogP contribution in [0.15, 0.2) is 54.6 Å². The number of aliphatic hydroxyl groups excluding tert-OH is 1. The van der Waals surface area contributed by atoms with Crippen molar-refractivity contribution < 1.29 is 14.8 Å². The van der Waals surface area contributed by atoms with E-state index in [1.165, 1.54) is 0 Å². The molecule has 1 amide bonds. The van der Waals surface area contributed by atoms with Crippen LogP contribution in [0.1, 0.15) is 29.9 Å². The Morgan fingerprint density at radius 2 is 1.89 bits per heavy atom. The molecule has 0 aromatic heterocycles. The fourth-order valence-electron chi connectivity index (χ4n) is 5.98. The number of hydrogen-bond donors (Lipinski definition) is 2. The zero-order valence-corrected chi connectivity index (χ0v) is 15.2. The van der Waals surface area contributed by atoms with E-state index in [4.69, 9.17) is 0 Å². The van der Waals surface area contributed by atoms with Crippen LogP contribution in [-0.2, 0) is 10.3 Å². The molecule has 28 heavy (non-hydrogen) atoms. The third-order valence-electron chi connectivity index (χ3n) is 6.88. The average Bonchev–Trinajstić information content (AvgIpc) is 3.35. The molecule has 4 atom stereocenters. The lowest BCUT2D eigenvalue weighted by atomic mass is 9.66. The molecule has 3 heterocycles. The van der Waals surface area contributed by atoms with Crippen molar-refractivity contribution in [2.75, 3.05) is 18.5 Å². The second-order valence-corrected chi connectivity index (χ2v) is 7.84. The van der Waals surface area contributed by atoms with Gasteiger partial charge in [-0.3, -0.25) is 19.8 Å². The van der Waals surface area contributed by atoms with Gasteiger partial charge in [-0.1, -0.05) is 48.5 Å². The van der Waals surface area contributed by atoms with Gasteiger partial charge >= 0.3 is 0 Å². The summed E-state index contributed by atoms with van der Waals surface area (Å²) in [6.45, 7) is -0.125. The molecule has 5 rings (SSSR count). The van der Waals surface area contributed by atoms with Crippen molar-refractivity contribution in [3.05, 3.63) is 75.8 Å². The SMILES string of the molecule is O=C1Nc2ccccc2C12N1CCCC1C(c1ccccc1)C2(CO)[N+](=O)[O-]. The summed E-state index contributed by atoms with van der Waals surface area (Å²) in [5.41, 5.74) is -1.42. The topological polar surface area (TPSA) is 95.7 Å². The minimum atomic E-state index is -1.86. The first-order chi connectivity index (χ1) is 13.6. The van der Waals surface area contributed by atoms with Crippen molar-refractivity contribution in [3.63, 3.8) is 0 Å². The van der Waals surface area contributed by atoms with Gasteiger partial charge in [-0.2, -0.15) is 0 Å². The maximum atomic E-state index is 13.5. The minimum absolute atomic E-state index is 0.183. The fourth-order valence-corrected chi connectivity index (χ4v) is 5.98. The Morgan fingerprint density at radius 3 is 2.61 bits per heavy atom. The van der Waals surface area contributed by atoms with Crippen LogP contribution in [0.4, 0.5) is 5.69 Å². The Morgan fingerprint density at radius 1 is 1.18 bits per heavy atom. The summed E-state index contributed by atoms with van der Waals surface area (Å²) in [7, 11) is 0. The zero-order chi connectivity index (χ0) is 19.5. The number of fused-ring (bicyclic) bond motifs is 4. The van der Waals surface area contributed by atoms with Crippen molar-refractivity contribution in [2.45, 2.75) is 35.9 Å². The lowest BCUT2D eigenvalue weighted by Gasteiger charge is -2.39. The predicted molar refractivity (Wildman–Crippen MR) is 102 cm³/mol. The van der Waals surface area contributed by atoms with Crippen LogP contribution in [-0.4, -0.2) is 45.6 Å². The van der Waals surface area contributed by atoms with E-state index in [2.05, 4.69) is 5.32 Å². The molecular formula is C21H21N3O4. The van der Waals surface area contributed by atoms with E-state index in [-0.39, 0.29) is 6.04 Å². The molecule has 2 aromatic carbocycles. The number of amides is 1. The van der Waals surface area contributed by atoms with Gasteiger partial charge < -0.3 is 10.4 Å². The van der Waals surface area contributed by atoms with Gasteiger partial charge in [0, 0.05) is 28.8 Å². The molecule has 3 aliphatic heterocycles. The van der Waals surface area contributed by atoms with Gasteiger partial charge in [0.05, 0.1) is 5.92 Å². The quantitative estimate of drug-likeness (QED) is 0.629. The lowest BCUT2D eigenvalue weighted by Crippen LogP contribution is -2.66. The van der Waals surface area contributed by atoms with Crippen LogP contribution in [0, 0.1) is 10.1 Å². The first-order valence-electron chi connectivity index (χ1n) is 9.57. The van der Waals surface area contributed by atoms with E-state index in [1.807, 2.05) is 35.2 Å². The molecule has 2 N–H and O–H groups in total. The highest BCUT2D eigenvalue weighted by Gasteiger charge is 2.82. The first-order valence-corrected chi connectivity index (χ1v) is 9.57. The monoisotopic (exact) mass is 379 g/mol. The number of nitro groups is 1. The summed E-state index contributed by atoms with van der Waals surface area (Å²) in [4.78, 5) is 27.8. The molecule has 2 saturated heterocycles. The largest absolute Gasteiger partial charge is 0.389 e. The van der Waals surface area contributed by atoms with Gasteiger partial charge in [0.2, 0.25) is 5.54 Å². The van der Waals surface area contributed by atoms with Gasteiger partial charge in [0.1, 0.15) is 6.61 Å². The summed E-state index contributed by atoms with van der Waals surface area (Å²) >= 11 is 0. The molecule has 4 unspecified atom stereocenters. The van der Waals surface area contributed by atoms with Crippen molar-refractivity contribution in [2.24, 2.45) is 0 Å². The number of nitrogens with zero attached hydrogens (tertiary/aromatic N) is 2. The van der Waals surface area contributed by atoms with E-state index >= 15 is 0 Å².